The second-order valence-electron chi connectivity index (χ2n) is 10.8. The van der Waals surface area contributed by atoms with Gasteiger partial charge >= 0.3 is 11.9 Å². The summed E-state index contributed by atoms with van der Waals surface area (Å²) in [6.45, 7) is 1.98. The number of ether oxygens (including phenoxy) is 6. The summed E-state index contributed by atoms with van der Waals surface area (Å²) in [5.74, 6) is 2.08. The molecule has 0 aliphatic carbocycles. The van der Waals surface area contributed by atoms with E-state index >= 15 is 0 Å². The second-order valence-corrected chi connectivity index (χ2v) is 10.8. The molecule has 10 nitrogen and oxygen atoms in total. The lowest BCUT2D eigenvalue weighted by Crippen LogP contribution is -2.52. The topological polar surface area (TPSA) is 110 Å². The molecule has 2 atom stereocenters. The number of hydrogen-bond donors (Lipinski definition) is 1. The van der Waals surface area contributed by atoms with E-state index in [0.717, 1.165) is 43.5 Å². The third-order valence-electron chi connectivity index (χ3n) is 8.06. The minimum Gasteiger partial charge on any atom is -0.493 e. The molecule has 0 amide bonds. The number of hydrogen-bond acceptors (Lipinski definition) is 8. The number of carboxylic acid groups (broad SMARTS) is 1. The van der Waals surface area contributed by atoms with Crippen molar-refractivity contribution in [2.75, 3.05) is 62.3 Å². The Balaban J connectivity index is 1.80. The molecule has 42 heavy (non-hydrogen) atoms. The highest BCUT2D eigenvalue weighted by molar-refractivity contribution is 5.69. The van der Waals surface area contributed by atoms with Gasteiger partial charge in [-0.25, -0.2) is 0 Å². The fourth-order valence-electron chi connectivity index (χ4n) is 5.87. The Morgan fingerprint density at radius 1 is 0.786 bits per heavy atom. The number of unbranched alkanes of at least 4 members (excludes halogenated alkanes) is 3. The first-order chi connectivity index (χ1) is 20.2. The van der Waals surface area contributed by atoms with Gasteiger partial charge in [0.1, 0.15) is 6.04 Å². The number of carbonyl (C=O) groups excluding carboxylic acids is 1. The smallest absolute Gasteiger partial charge is 0.305 e. The van der Waals surface area contributed by atoms with Gasteiger partial charge in [0.25, 0.3) is 0 Å². The van der Waals surface area contributed by atoms with Gasteiger partial charge in [-0.05, 0) is 42.7 Å². The molecule has 1 N–H and O–H groups in total. The first-order valence-corrected chi connectivity index (χ1v) is 14.5. The lowest BCUT2D eigenvalue weighted by atomic mass is 9.85. The number of rotatable bonds is 17. The predicted octanol–water partition coefficient (Wildman–Crippen LogP) is 5.18. The fraction of sp³-hybridized carbons (Fsp3) is 0.562. The van der Waals surface area contributed by atoms with E-state index in [1.54, 1.807) is 35.5 Å². The first-order valence-electron chi connectivity index (χ1n) is 14.5. The number of fused-ring (bicyclic) bond motifs is 1. The maximum Gasteiger partial charge on any atom is 0.305 e. The van der Waals surface area contributed by atoms with Crippen LogP contribution in [0.5, 0.6) is 28.7 Å². The van der Waals surface area contributed by atoms with Crippen molar-refractivity contribution < 1.29 is 47.6 Å². The lowest BCUT2D eigenvalue weighted by Gasteiger charge is -2.46. The quantitative estimate of drug-likeness (QED) is 0.152. The van der Waals surface area contributed by atoms with Crippen LogP contribution in [-0.2, 0) is 20.7 Å². The molecule has 0 saturated carbocycles. The van der Waals surface area contributed by atoms with Crippen LogP contribution in [0.15, 0.2) is 24.3 Å². The highest BCUT2D eigenvalue weighted by atomic mass is 16.5. The highest BCUT2D eigenvalue weighted by Gasteiger charge is 2.41. The van der Waals surface area contributed by atoms with Gasteiger partial charge in [0.15, 0.2) is 23.0 Å². The third-order valence-corrected chi connectivity index (χ3v) is 8.06. The zero-order valence-electron chi connectivity index (χ0n) is 25.8. The van der Waals surface area contributed by atoms with Gasteiger partial charge in [-0.15, -0.1) is 0 Å². The maximum absolute atomic E-state index is 12.3. The minimum absolute atomic E-state index is 0.0798. The predicted molar refractivity (Wildman–Crippen MR) is 158 cm³/mol. The van der Waals surface area contributed by atoms with Gasteiger partial charge in [0, 0.05) is 36.8 Å². The van der Waals surface area contributed by atoms with Crippen LogP contribution in [0.25, 0.3) is 0 Å². The van der Waals surface area contributed by atoms with E-state index in [4.69, 9.17) is 33.5 Å². The van der Waals surface area contributed by atoms with E-state index in [9.17, 15) is 9.59 Å². The van der Waals surface area contributed by atoms with Crippen molar-refractivity contribution in [3.05, 3.63) is 41.0 Å². The van der Waals surface area contributed by atoms with Crippen LogP contribution < -0.4 is 23.7 Å². The van der Waals surface area contributed by atoms with Gasteiger partial charge in [-0.2, -0.15) is 0 Å². The first kappa shape index (κ1) is 32.8. The maximum atomic E-state index is 12.3. The number of quaternary nitrogens is 1. The molecule has 0 saturated heterocycles. The molecule has 232 valence electrons. The Morgan fingerprint density at radius 3 is 1.95 bits per heavy atom. The third kappa shape index (κ3) is 8.00. The highest BCUT2D eigenvalue weighted by Crippen LogP contribution is 2.48. The van der Waals surface area contributed by atoms with Crippen LogP contribution in [0.2, 0.25) is 0 Å². The average Bonchev–Trinajstić information content (AvgIpc) is 2.99. The largest absolute Gasteiger partial charge is 0.493 e. The Bertz CT molecular complexity index is 1190. The van der Waals surface area contributed by atoms with E-state index in [1.807, 2.05) is 12.1 Å². The second kappa shape index (κ2) is 15.5. The van der Waals surface area contributed by atoms with Crippen molar-refractivity contribution in [3.8, 4) is 28.7 Å². The monoisotopic (exact) mass is 588 g/mol. The molecule has 1 aliphatic heterocycles. The summed E-state index contributed by atoms with van der Waals surface area (Å²) < 4.78 is 34.5. The van der Waals surface area contributed by atoms with E-state index < -0.39 is 5.97 Å². The number of methoxy groups -OCH3 is 5. The summed E-state index contributed by atoms with van der Waals surface area (Å²) in [5.41, 5.74) is 3.34. The Hall–Kier alpha value is -3.66. The van der Waals surface area contributed by atoms with Crippen LogP contribution >= 0.6 is 0 Å². The molecule has 0 fully saturated rings. The minimum atomic E-state index is -0.783. The summed E-state index contributed by atoms with van der Waals surface area (Å²) in [4.78, 5) is 22.9. The van der Waals surface area contributed by atoms with Gasteiger partial charge < -0.3 is 38.0 Å². The Morgan fingerprint density at radius 2 is 1.38 bits per heavy atom. The number of benzene rings is 2. The van der Waals surface area contributed by atoms with Crippen LogP contribution in [0.4, 0.5) is 0 Å². The normalized spacial score (nSPS) is 17.6. The van der Waals surface area contributed by atoms with Gasteiger partial charge in [0.05, 0.1) is 62.3 Å². The van der Waals surface area contributed by atoms with Crippen molar-refractivity contribution in [2.24, 2.45) is 0 Å². The van der Waals surface area contributed by atoms with Crippen LogP contribution in [0, 0.1) is 0 Å². The standard InChI is InChI=1S/C32H45NO9/c1-33(15-11-17-42-30(36)13-10-8-7-9-12-29(34)35)16-14-22-18-25(37-2)26(38-3)21-24(22)31(33)23-19-27(39-4)32(41-6)28(20-23)40-5/h18-21,31H,7-17H2,1-6H3/p+1/t31-,33+/m0/s1. The molecular formula is C32H46NO9+. The molecule has 1 heterocycles. The molecule has 3 rings (SSSR count). The summed E-state index contributed by atoms with van der Waals surface area (Å²) >= 11 is 0. The fourth-order valence-corrected chi connectivity index (χ4v) is 5.87. The van der Waals surface area contributed by atoms with Crippen molar-refractivity contribution in [1.29, 1.82) is 0 Å². The van der Waals surface area contributed by atoms with Crippen molar-refractivity contribution in [3.63, 3.8) is 0 Å². The number of nitrogens with zero attached hydrogens (tertiary/aromatic N) is 1. The molecule has 2 aromatic rings. The van der Waals surface area contributed by atoms with Gasteiger partial charge in [0.2, 0.25) is 5.75 Å². The van der Waals surface area contributed by atoms with Crippen molar-refractivity contribution in [1.82, 2.24) is 0 Å². The zero-order chi connectivity index (χ0) is 30.7. The van der Waals surface area contributed by atoms with Crippen molar-refractivity contribution >= 4 is 11.9 Å². The molecule has 0 bridgehead atoms. The zero-order valence-corrected chi connectivity index (χ0v) is 25.8. The van der Waals surface area contributed by atoms with Crippen LogP contribution in [-0.4, -0.2) is 83.8 Å². The van der Waals surface area contributed by atoms with Crippen LogP contribution in [0.1, 0.15) is 67.7 Å². The van der Waals surface area contributed by atoms with Gasteiger partial charge in [-0.3, -0.25) is 9.59 Å². The molecular weight excluding hydrogens is 542 g/mol. The van der Waals surface area contributed by atoms with Crippen molar-refractivity contribution in [2.45, 2.75) is 57.4 Å². The van der Waals surface area contributed by atoms with E-state index in [2.05, 4.69) is 19.2 Å². The molecule has 0 spiro atoms. The van der Waals surface area contributed by atoms with Crippen LogP contribution in [0.3, 0.4) is 0 Å². The molecule has 0 aromatic heterocycles. The van der Waals surface area contributed by atoms with E-state index in [-0.39, 0.29) is 18.4 Å². The summed E-state index contributed by atoms with van der Waals surface area (Å²) in [5, 5.41) is 8.73. The average molecular weight is 589 g/mol. The van der Waals surface area contributed by atoms with E-state index in [0.29, 0.717) is 65.5 Å². The Labute approximate surface area is 249 Å². The molecule has 0 radical (unpaired) electrons. The number of likely N-dealkylation sites (N-methyl/N-ethyl adjacent to an activating group) is 1. The van der Waals surface area contributed by atoms with E-state index in [1.165, 1.54) is 5.56 Å². The SMILES string of the molecule is COc1cc2c(cc1OC)[C@H](c1cc(OC)c(OC)c(OC)c1)[N@+](C)(CCCOC(=O)CCCCCCC(=O)O)CC2. The number of carboxylic acids is 1. The summed E-state index contributed by atoms with van der Waals surface area (Å²) in [6, 6.07) is 8.05. The van der Waals surface area contributed by atoms with Gasteiger partial charge in [-0.1, -0.05) is 12.8 Å². The molecule has 2 aromatic carbocycles. The number of carbonyl (C=O) groups is 2. The molecule has 0 unspecified atom stereocenters. The summed E-state index contributed by atoms with van der Waals surface area (Å²) in [7, 11) is 10.3. The number of aliphatic carboxylic acids is 1. The summed E-state index contributed by atoms with van der Waals surface area (Å²) in [6.07, 6.45) is 5.04. The number of esters is 1. The lowest BCUT2D eigenvalue weighted by molar-refractivity contribution is -0.935. The molecule has 10 heteroatoms. The Kier molecular flexibility index (Phi) is 12.2. The molecule has 1 aliphatic rings.